The zero-order valence-corrected chi connectivity index (χ0v) is 8.79. The van der Waals surface area contributed by atoms with Crippen molar-refractivity contribution in [3.05, 3.63) is 36.5 Å². The third-order valence-electron chi connectivity index (χ3n) is 2.14. The van der Waals surface area contributed by atoms with Crippen molar-refractivity contribution >= 4 is 0 Å². The van der Waals surface area contributed by atoms with Crippen LogP contribution in [0, 0.1) is 6.92 Å². The summed E-state index contributed by atoms with van der Waals surface area (Å²) < 4.78 is 0. The summed E-state index contributed by atoms with van der Waals surface area (Å²) in [5.74, 6) is 0. The van der Waals surface area contributed by atoms with E-state index in [0.717, 1.165) is 19.5 Å². The average Bonchev–Trinajstić information content (AvgIpc) is 2.18. The average molecular weight is 190 g/mol. The van der Waals surface area contributed by atoms with E-state index in [9.17, 15) is 0 Å². The maximum Gasteiger partial charge on any atom is 0.0451 e. The SMILES string of the molecule is [CH]c1cc(CCNCCCC)ccn1. The summed E-state index contributed by atoms with van der Waals surface area (Å²) in [5.41, 5.74) is 1.86. The molecule has 1 aromatic rings. The highest BCUT2D eigenvalue weighted by Crippen LogP contribution is 2.00. The molecule has 1 aromatic heterocycles. The molecule has 0 aliphatic carbocycles. The molecule has 1 heterocycles. The second-order valence-electron chi connectivity index (χ2n) is 3.44. The number of nitrogens with one attached hydrogen (secondary N) is 1. The van der Waals surface area contributed by atoms with Gasteiger partial charge in [-0.2, -0.15) is 0 Å². The van der Waals surface area contributed by atoms with Crippen molar-refractivity contribution < 1.29 is 0 Å². The van der Waals surface area contributed by atoms with E-state index in [1.807, 2.05) is 12.1 Å². The smallest absolute Gasteiger partial charge is 0.0451 e. The van der Waals surface area contributed by atoms with E-state index in [0.29, 0.717) is 5.69 Å². The van der Waals surface area contributed by atoms with Crippen molar-refractivity contribution in [1.29, 1.82) is 0 Å². The molecule has 14 heavy (non-hydrogen) atoms. The number of rotatable bonds is 6. The van der Waals surface area contributed by atoms with Crippen molar-refractivity contribution in [3.8, 4) is 0 Å². The minimum atomic E-state index is 0.607. The molecule has 2 radical (unpaired) electrons. The lowest BCUT2D eigenvalue weighted by molar-refractivity contribution is 0.640. The maximum absolute atomic E-state index is 5.58. The Morgan fingerprint density at radius 2 is 2.29 bits per heavy atom. The van der Waals surface area contributed by atoms with Crippen LogP contribution in [0.25, 0.3) is 0 Å². The van der Waals surface area contributed by atoms with Crippen LogP contribution in [0.1, 0.15) is 31.0 Å². The van der Waals surface area contributed by atoms with E-state index in [4.69, 9.17) is 6.92 Å². The summed E-state index contributed by atoms with van der Waals surface area (Å²) in [6.45, 7) is 9.90. The van der Waals surface area contributed by atoms with Crippen LogP contribution in [0.3, 0.4) is 0 Å². The van der Waals surface area contributed by atoms with E-state index in [2.05, 4.69) is 17.2 Å². The second kappa shape index (κ2) is 6.55. The fourth-order valence-corrected chi connectivity index (χ4v) is 1.31. The molecule has 0 fully saturated rings. The van der Waals surface area contributed by atoms with E-state index in [1.165, 1.54) is 18.4 Å². The molecule has 0 unspecified atom stereocenters. The molecule has 0 aliphatic rings. The van der Waals surface area contributed by atoms with Crippen LogP contribution in [-0.2, 0) is 6.42 Å². The Kier molecular flexibility index (Phi) is 5.23. The monoisotopic (exact) mass is 190 g/mol. The molecule has 0 saturated carbocycles. The lowest BCUT2D eigenvalue weighted by Gasteiger charge is -2.04. The Hall–Kier alpha value is -0.890. The number of aromatic nitrogens is 1. The first-order valence-corrected chi connectivity index (χ1v) is 5.24. The van der Waals surface area contributed by atoms with Crippen LogP contribution in [0.4, 0.5) is 0 Å². The normalized spacial score (nSPS) is 10.4. The molecule has 76 valence electrons. The fourth-order valence-electron chi connectivity index (χ4n) is 1.31. The first-order chi connectivity index (χ1) is 6.83. The van der Waals surface area contributed by atoms with Gasteiger partial charge in [0.25, 0.3) is 0 Å². The van der Waals surface area contributed by atoms with Gasteiger partial charge in [-0.15, -0.1) is 0 Å². The zero-order valence-electron chi connectivity index (χ0n) is 8.79. The van der Waals surface area contributed by atoms with E-state index in [1.54, 1.807) is 6.20 Å². The highest BCUT2D eigenvalue weighted by atomic mass is 14.8. The Morgan fingerprint density at radius 3 is 3.00 bits per heavy atom. The fraction of sp³-hybridized carbons (Fsp3) is 0.500. The van der Waals surface area contributed by atoms with Gasteiger partial charge in [0, 0.05) is 18.8 Å². The zero-order chi connectivity index (χ0) is 10.2. The van der Waals surface area contributed by atoms with Gasteiger partial charge in [0.15, 0.2) is 0 Å². The topological polar surface area (TPSA) is 24.9 Å². The van der Waals surface area contributed by atoms with Crippen LogP contribution in [0.5, 0.6) is 0 Å². The Bertz CT molecular complexity index is 258. The van der Waals surface area contributed by atoms with Gasteiger partial charge in [-0.05, 0) is 43.6 Å². The third kappa shape index (κ3) is 4.38. The molecule has 0 spiro atoms. The van der Waals surface area contributed by atoms with E-state index in [-0.39, 0.29) is 0 Å². The number of nitrogens with zero attached hydrogens (tertiary/aromatic N) is 1. The summed E-state index contributed by atoms with van der Waals surface area (Å²) >= 11 is 0. The Morgan fingerprint density at radius 1 is 1.43 bits per heavy atom. The summed E-state index contributed by atoms with van der Waals surface area (Å²) in [6, 6.07) is 3.94. The Balaban J connectivity index is 2.18. The lowest BCUT2D eigenvalue weighted by atomic mass is 10.2. The number of hydrogen-bond acceptors (Lipinski definition) is 2. The predicted molar refractivity (Wildman–Crippen MR) is 59.1 cm³/mol. The van der Waals surface area contributed by atoms with Crippen molar-refractivity contribution in [2.24, 2.45) is 0 Å². The largest absolute Gasteiger partial charge is 0.316 e. The van der Waals surface area contributed by atoms with Crippen LogP contribution >= 0.6 is 0 Å². The van der Waals surface area contributed by atoms with Crippen LogP contribution in [-0.4, -0.2) is 18.1 Å². The molecule has 0 bridgehead atoms. The van der Waals surface area contributed by atoms with Gasteiger partial charge in [-0.3, -0.25) is 4.98 Å². The van der Waals surface area contributed by atoms with E-state index < -0.39 is 0 Å². The summed E-state index contributed by atoms with van der Waals surface area (Å²) in [6.07, 6.45) is 5.28. The number of pyridine rings is 1. The van der Waals surface area contributed by atoms with Crippen LogP contribution < -0.4 is 5.32 Å². The molecule has 0 saturated heterocycles. The molecule has 2 heteroatoms. The van der Waals surface area contributed by atoms with Crippen molar-refractivity contribution in [2.45, 2.75) is 26.2 Å². The van der Waals surface area contributed by atoms with Gasteiger partial charge in [-0.1, -0.05) is 13.3 Å². The van der Waals surface area contributed by atoms with Crippen molar-refractivity contribution in [3.63, 3.8) is 0 Å². The van der Waals surface area contributed by atoms with Crippen LogP contribution in [0.15, 0.2) is 18.3 Å². The molecule has 1 rings (SSSR count). The van der Waals surface area contributed by atoms with E-state index >= 15 is 0 Å². The molecule has 0 atom stereocenters. The van der Waals surface area contributed by atoms with Crippen molar-refractivity contribution in [2.75, 3.05) is 13.1 Å². The molecule has 1 N–H and O–H groups in total. The van der Waals surface area contributed by atoms with Gasteiger partial charge in [0.05, 0.1) is 0 Å². The van der Waals surface area contributed by atoms with Gasteiger partial charge in [0.1, 0.15) is 0 Å². The number of hydrogen-bond donors (Lipinski definition) is 1. The van der Waals surface area contributed by atoms with Crippen molar-refractivity contribution in [1.82, 2.24) is 10.3 Å². The summed E-state index contributed by atoms with van der Waals surface area (Å²) in [4.78, 5) is 3.95. The maximum atomic E-state index is 5.58. The van der Waals surface area contributed by atoms with Gasteiger partial charge < -0.3 is 5.32 Å². The molecule has 2 nitrogen and oxygen atoms in total. The third-order valence-corrected chi connectivity index (χ3v) is 2.14. The lowest BCUT2D eigenvalue weighted by Crippen LogP contribution is -2.18. The van der Waals surface area contributed by atoms with Gasteiger partial charge >= 0.3 is 0 Å². The molecular weight excluding hydrogens is 172 g/mol. The highest BCUT2D eigenvalue weighted by Gasteiger charge is 1.93. The molecule has 0 aliphatic heterocycles. The standard InChI is InChI=1S/C12H18N2/c1-3-4-7-13-8-5-12-6-9-14-11(2)10-12/h2,6,9-10,13H,3-5,7-8H2,1H3. The summed E-state index contributed by atoms with van der Waals surface area (Å²) in [5, 5.41) is 3.39. The summed E-state index contributed by atoms with van der Waals surface area (Å²) in [7, 11) is 0. The first kappa shape index (κ1) is 11.2. The van der Waals surface area contributed by atoms with Crippen LogP contribution in [0.2, 0.25) is 0 Å². The Labute approximate surface area is 86.8 Å². The first-order valence-electron chi connectivity index (χ1n) is 5.24. The highest BCUT2D eigenvalue weighted by molar-refractivity contribution is 5.18. The van der Waals surface area contributed by atoms with Gasteiger partial charge in [0.2, 0.25) is 0 Å². The molecule has 0 aromatic carbocycles. The minimum absolute atomic E-state index is 0.607. The van der Waals surface area contributed by atoms with Gasteiger partial charge in [-0.25, -0.2) is 0 Å². The minimum Gasteiger partial charge on any atom is -0.316 e. The predicted octanol–water partition coefficient (Wildman–Crippen LogP) is 2.07. The molecule has 0 amide bonds. The second-order valence-corrected chi connectivity index (χ2v) is 3.44. The quantitative estimate of drug-likeness (QED) is 0.695. The molecular formula is C12H18N2. The number of unbranched alkanes of at least 4 members (excludes halogenated alkanes) is 1.